The van der Waals surface area contributed by atoms with E-state index in [9.17, 15) is 0 Å². The van der Waals surface area contributed by atoms with Gasteiger partial charge in [0.25, 0.3) is 0 Å². The molecule has 0 spiro atoms. The molecule has 2 aromatic rings. The van der Waals surface area contributed by atoms with E-state index in [4.69, 9.17) is 4.74 Å². The molecule has 2 nitrogen and oxygen atoms in total. The van der Waals surface area contributed by atoms with E-state index in [-0.39, 0.29) is 0 Å². The Labute approximate surface area is 108 Å². The quantitative estimate of drug-likeness (QED) is 0.887. The van der Waals surface area contributed by atoms with Crippen molar-refractivity contribution in [3.63, 3.8) is 0 Å². The van der Waals surface area contributed by atoms with E-state index in [0.717, 1.165) is 24.3 Å². The molecule has 0 aliphatic heterocycles. The number of benzene rings is 2. The number of hydrogen-bond acceptors (Lipinski definition) is 2. The van der Waals surface area contributed by atoms with Gasteiger partial charge >= 0.3 is 0 Å². The second-order valence-corrected chi connectivity index (χ2v) is 4.72. The van der Waals surface area contributed by atoms with Gasteiger partial charge in [-0.05, 0) is 36.1 Å². The van der Waals surface area contributed by atoms with Gasteiger partial charge in [-0.25, -0.2) is 0 Å². The summed E-state index contributed by atoms with van der Waals surface area (Å²) >= 11 is 0. The second-order valence-electron chi connectivity index (χ2n) is 4.72. The Morgan fingerprint density at radius 1 is 0.944 bits per heavy atom. The third-order valence-electron chi connectivity index (χ3n) is 3.52. The van der Waals surface area contributed by atoms with E-state index < -0.39 is 0 Å². The summed E-state index contributed by atoms with van der Waals surface area (Å²) in [6, 6.07) is 17.2. The summed E-state index contributed by atoms with van der Waals surface area (Å²) in [6.07, 6.45) is 2.18. The molecule has 0 heterocycles. The summed E-state index contributed by atoms with van der Waals surface area (Å²) in [5.74, 6) is 0.911. The molecule has 18 heavy (non-hydrogen) atoms. The van der Waals surface area contributed by atoms with Crippen molar-refractivity contribution in [2.24, 2.45) is 0 Å². The van der Waals surface area contributed by atoms with Gasteiger partial charge in [-0.15, -0.1) is 0 Å². The molecular formula is C16H17NO. The molecule has 0 aromatic heterocycles. The van der Waals surface area contributed by atoms with Crippen LogP contribution in [-0.4, -0.2) is 13.2 Å². The van der Waals surface area contributed by atoms with Crippen molar-refractivity contribution in [2.45, 2.75) is 18.9 Å². The van der Waals surface area contributed by atoms with Crippen molar-refractivity contribution in [3.8, 4) is 5.75 Å². The van der Waals surface area contributed by atoms with Crippen LogP contribution in [0.3, 0.4) is 0 Å². The Balaban J connectivity index is 1.76. The smallest absolute Gasteiger partial charge is 0.141 e. The van der Waals surface area contributed by atoms with E-state index >= 15 is 0 Å². The monoisotopic (exact) mass is 239 g/mol. The fourth-order valence-corrected chi connectivity index (χ4v) is 2.64. The number of nitrogens with one attached hydrogen (secondary N) is 1. The van der Waals surface area contributed by atoms with Crippen LogP contribution in [0.1, 0.15) is 11.1 Å². The number of hydrogen-bond donors (Lipinski definition) is 1. The van der Waals surface area contributed by atoms with E-state index in [1.54, 1.807) is 7.11 Å². The normalized spacial score (nSPS) is 14.3. The zero-order valence-electron chi connectivity index (χ0n) is 10.5. The molecular weight excluding hydrogens is 222 g/mol. The lowest BCUT2D eigenvalue weighted by atomic mass is 10.1. The lowest BCUT2D eigenvalue weighted by Gasteiger charge is -2.16. The Kier molecular flexibility index (Phi) is 2.93. The minimum atomic E-state index is 0.471. The Morgan fingerprint density at radius 3 is 2.22 bits per heavy atom. The molecule has 1 N–H and O–H groups in total. The van der Waals surface area contributed by atoms with Gasteiger partial charge < -0.3 is 10.1 Å². The maximum absolute atomic E-state index is 5.37. The van der Waals surface area contributed by atoms with Crippen LogP contribution in [-0.2, 0) is 12.8 Å². The molecule has 0 radical (unpaired) electrons. The Hall–Kier alpha value is -1.96. The third kappa shape index (κ3) is 2.06. The lowest BCUT2D eigenvalue weighted by Crippen LogP contribution is -2.19. The van der Waals surface area contributed by atoms with Gasteiger partial charge in [-0.2, -0.15) is 0 Å². The highest BCUT2D eigenvalue weighted by atomic mass is 16.5. The number of fused-ring (bicyclic) bond motifs is 1. The summed E-state index contributed by atoms with van der Waals surface area (Å²) in [6.45, 7) is 0. The van der Waals surface area contributed by atoms with Gasteiger partial charge in [0.2, 0.25) is 0 Å². The minimum absolute atomic E-state index is 0.471. The predicted molar refractivity (Wildman–Crippen MR) is 74.3 cm³/mol. The van der Waals surface area contributed by atoms with Gasteiger partial charge in [0.05, 0.1) is 12.8 Å². The van der Waals surface area contributed by atoms with Crippen molar-refractivity contribution >= 4 is 5.69 Å². The third-order valence-corrected chi connectivity index (χ3v) is 3.52. The largest absolute Gasteiger partial charge is 0.495 e. The average molecular weight is 239 g/mol. The predicted octanol–water partition coefficient (Wildman–Crippen LogP) is 3.27. The van der Waals surface area contributed by atoms with E-state index in [0.29, 0.717) is 6.04 Å². The molecule has 0 amide bonds. The molecule has 0 unspecified atom stereocenters. The Bertz CT molecular complexity index is 525. The molecule has 0 fully saturated rings. The van der Waals surface area contributed by atoms with Crippen molar-refractivity contribution < 1.29 is 4.74 Å². The topological polar surface area (TPSA) is 21.3 Å². The molecule has 1 aliphatic carbocycles. The highest BCUT2D eigenvalue weighted by Gasteiger charge is 2.21. The van der Waals surface area contributed by atoms with Gasteiger partial charge in [-0.1, -0.05) is 36.4 Å². The van der Waals surface area contributed by atoms with Crippen LogP contribution in [0.15, 0.2) is 48.5 Å². The first-order valence-corrected chi connectivity index (χ1v) is 6.33. The second kappa shape index (κ2) is 4.73. The zero-order chi connectivity index (χ0) is 12.4. The molecule has 2 heteroatoms. The molecule has 0 atom stereocenters. The van der Waals surface area contributed by atoms with E-state index in [1.165, 1.54) is 11.1 Å². The summed E-state index contributed by atoms with van der Waals surface area (Å²) in [5.41, 5.74) is 4.01. The van der Waals surface area contributed by atoms with Crippen LogP contribution >= 0.6 is 0 Å². The number of rotatable bonds is 3. The summed E-state index contributed by atoms with van der Waals surface area (Å²) < 4.78 is 5.37. The van der Waals surface area contributed by atoms with Gasteiger partial charge in [0, 0.05) is 6.04 Å². The number of anilines is 1. The van der Waals surface area contributed by atoms with Crippen molar-refractivity contribution in [3.05, 3.63) is 59.7 Å². The van der Waals surface area contributed by atoms with Crippen LogP contribution in [0.4, 0.5) is 5.69 Å². The lowest BCUT2D eigenvalue weighted by molar-refractivity contribution is 0.416. The molecule has 0 bridgehead atoms. The minimum Gasteiger partial charge on any atom is -0.495 e. The Morgan fingerprint density at radius 2 is 1.56 bits per heavy atom. The zero-order valence-corrected chi connectivity index (χ0v) is 10.5. The van der Waals surface area contributed by atoms with E-state index in [2.05, 4.69) is 35.6 Å². The van der Waals surface area contributed by atoms with E-state index in [1.807, 2.05) is 18.2 Å². The number of methoxy groups -OCH3 is 1. The van der Waals surface area contributed by atoms with Crippen molar-refractivity contribution in [1.29, 1.82) is 0 Å². The maximum Gasteiger partial charge on any atom is 0.141 e. The first-order chi connectivity index (χ1) is 8.86. The molecule has 0 saturated heterocycles. The van der Waals surface area contributed by atoms with Crippen LogP contribution in [0.5, 0.6) is 5.75 Å². The van der Waals surface area contributed by atoms with Gasteiger partial charge in [0.1, 0.15) is 5.75 Å². The maximum atomic E-state index is 5.37. The van der Waals surface area contributed by atoms with Crippen LogP contribution in [0, 0.1) is 0 Å². The average Bonchev–Trinajstić information content (AvgIpc) is 2.81. The first-order valence-electron chi connectivity index (χ1n) is 6.33. The molecule has 92 valence electrons. The highest BCUT2D eigenvalue weighted by molar-refractivity contribution is 5.57. The molecule has 2 aromatic carbocycles. The van der Waals surface area contributed by atoms with Crippen LogP contribution in [0.2, 0.25) is 0 Å². The van der Waals surface area contributed by atoms with Crippen LogP contribution in [0.25, 0.3) is 0 Å². The molecule has 3 rings (SSSR count). The molecule has 0 saturated carbocycles. The number of ether oxygens (including phenoxy) is 1. The summed E-state index contributed by atoms with van der Waals surface area (Å²) in [4.78, 5) is 0. The standard InChI is InChI=1S/C16H17NO/c1-18-16-9-5-4-8-15(16)17-14-10-12-6-2-3-7-13(12)11-14/h2-9,14,17H,10-11H2,1H3. The van der Waals surface area contributed by atoms with Gasteiger partial charge in [0.15, 0.2) is 0 Å². The van der Waals surface area contributed by atoms with Crippen molar-refractivity contribution in [1.82, 2.24) is 0 Å². The molecule has 1 aliphatic rings. The summed E-state index contributed by atoms with van der Waals surface area (Å²) in [5, 5.41) is 3.58. The first kappa shape index (κ1) is 11.1. The van der Waals surface area contributed by atoms with Gasteiger partial charge in [-0.3, -0.25) is 0 Å². The van der Waals surface area contributed by atoms with Crippen LogP contribution < -0.4 is 10.1 Å². The highest BCUT2D eigenvalue weighted by Crippen LogP contribution is 2.28. The van der Waals surface area contributed by atoms with Crippen molar-refractivity contribution in [2.75, 3.05) is 12.4 Å². The number of para-hydroxylation sites is 2. The SMILES string of the molecule is COc1ccccc1NC1Cc2ccccc2C1. The fourth-order valence-electron chi connectivity index (χ4n) is 2.64. The summed E-state index contributed by atoms with van der Waals surface area (Å²) in [7, 11) is 1.71. The fraction of sp³-hybridized carbons (Fsp3) is 0.250.